The molecule has 1 fully saturated rings. The van der Waals surface area contributed by atoms with Crippen LogP contribution in [0, 0.1) is 6.92 Å². The fourth-order valence-corrected chi connectivity index (χ4v) is 4.64. The van der Waals surface area contributed by atoms with Crippen molar-refractivity contribution in [3.8, 4) is 11.5 Å². The van der Waals surface area contributed by atoms with E-state index in [9.17, 15) is 4.79 Å². The van der Waals surface area contributed by atoms with Crippen molar-refractivity contribution >= 4 is 34.3 Å². The number of ether oxygens (including phenoxy) is 1. The van der Waals surface area contributed by atoms with Crippen molar-refractivity contribution in [1.82, 2.24) is 39.4 Å². The van der Waals surface area contributed by atoms with E-state index in [0.29, 0.717) is 24.7 Å². The third-order valence-electron chi connectivity index (χ3n) is 6.66. The molecule has 12 nitrogen and oxygen atoms in total. The third-order valence-corrected chi connectivity index (χ3v) is 6.66. The average molecular weight is 539 g/mol. The molecule has 1 aliphatic rings. The number of nitrogens with zero attached hydrogens (tertiary/aromatic N) is 8. The number of rotatable bonds is 9. The summed E-state index contributed by atoms with van der Waals surface area (Å²) in [5.41, 5.74) is 4.45. The second-order valence-electron chi connectivity index (χ2n) is 10.0. The normalized spacial score (nSPS) is 13.8. The van der Waals surface area contributed by atoms with Crippen molar-refractivity contribution in [1.29, 1.82) is 0 Å². The van der Waals surface area contributed by atoms with Crippen LogP contribution in [0.15, 0.2) is 73.6 Å². The number of amides is 1. The predicted molar refractivity (Wildman–Crippen MR) is 152 cm³/mol. The fourth-order valence-electron chi connectivity index (χ4n) is 4.64. The minimum absolute atomic E-state index is 0.0687. The van der Waals surface area contributed by atoms with Crippen LogP contribution in [-0.4, -0.2) is 79.8 Å². The van der Waals surface area contributed by atoms with Crippen molar-refractivity contribution in [3.05, 3.63) is 79.2 Å². The molecule has 0 aliphatic carbocycles. The van der Waals surface area contributed by atoms with Gasteiger partial charge in [0, 0.05) is 49.9 Å². The maximum Gasteiger partial charge on any atom is 0.244 e. The van der Waals surface area contributed by atoms with Gasteiger partial charge in [-0.2, -0.15) is 10.2 Å². The topological polar surface area (TPSA) is 117 Å². The Kier molecular flexibility index (Phi) is 6.74. The number of aromatic nitrogens is 6. The molecular weight excluding hydrogens is 508 g/mol. The van der Waals surface area contributed by atoms with E-state index in [-0.39, 0.29) is 11.9 Å². The van der Waals surface area contributed by atoms with Crippen molar-refractivity contribution in [3.63, 3.8) is 0 Å². The Morgan fingerprint density at radius 1 is 1.07 bits per heavy atom. The molecule has 0 spiro atoms. The van der Waals surface area contributed by atoms with Gasteiger partial charge in [0.05, 0.1) is 11.7 Å². The van der Waals surface area contributed by atoms with Gasteiger partial charge < -0.3 is 25.2 Å². The van der Waals surface area contributed by atoms with E-state index in [1.165, 1.54) is 12.7 Å². The van der Waals surface area contributed by atoms with Gasteiger partial charge in [-0.3, -0.25) is 4.79 Å². The molecule has 2 N–H and O–H groups in total. The summed E-state index contributed by atoms with van der Waals surface area (Å²) < 4.78 is 9.61. The van der Waals surface area contributed by atoms with Gasteiger partial charge in [0.1, 0.15) is 29.7 Å². The maximum absolute atomic E-state index is 12.2. The number of pyridine rings is 1. The molecule has 1 aliphatic heterocycles. The second-order valence-corrected chi connectivity index (χ2v) is 10.0. The highest BCUT2D eigenvalue weighted by Crippen LogP contribution is 2.33. The zero-order valence-electron chi connectivity index (χ0n) is 22.5. The Bertz CT molecular complexity index is 1700. The van der Waals surface area contributed by atoms with Crippen LogP contribution < -0.4 is 20.3 Å². The van der Waals surface area contributed by atoms with Gasteiger partial charge in [-0.1, -0.05) is 6.08 Å². The van der Waals surface area contributed by atoms with E-state index in [1.807, 2.05) is 85.3 Å². The molecule has 5 aromatic rings. The first-order valence-corrected chi connectivity index (χ1v) is 13.0. The number of hydrogen-bond acceptors (Lipinski definition) is 9. The number of nitrogens with one attached hydrogen (secondary N) is 2. The standard InChI is InChI=1S/C28H30N10O2/c1-19-13-20(6-7-24(19)40-22-8-11-37-25(14-22)29-17-31-37)34-28-27-23(9-12-38(27)32-18-30-28)36-15-21(16-36)33-26(39)5-4-10-35(2)3/h4-9,11-14,17-18,21H,10,15-16H2,1-3H3,(H,33,39)(H,30,32,34)/b5-4+. The van der Waals surface area contributed by atoms with Crippen LogP contribution in [-0.2, 0) is 4.79 Å². The summed E-state index contributed by atoms with van der Waals surface area (Å²) in [7, 11) is 3.93. The number of anilines is 3. The number of likely N-dealkylation sites (N-methyl/N-ethyl adjacent to an activating group) is 1. The Morgan fingerprint density at radius 3 is 2.70 bits per heavy atom. The van der Waals surface area contributed by atoms with Crippen molar-refractivity contribution in [2.24, 2.45) is 0 Å². The minimum Gasteiger partial charge on any atom is -0.457 e. The van der Waals surface area contributed by atoms with E-state index < -0.39 is 0 Å². The molecule has 4 aromatic heterocycles. The molecule has 1 amide bonds. The van der Waals surface area contributed by atoms with Crippen LogP contribution in [0.4, 0.5) is 17.2 Å². The number of carbonyl (C=O) groups excluding carboxylic acids is 1. The van der Waals surface area contributed by atoms with Crippen molar-refractivity contribution in [2.75, 3.05) is 43.9 Å². The lowest BCUT2D eigenvalue weighted by Gasteiger charge is -2.40. The summed E-state index contributed by atoms with van der Waals surface area (Å²) in [6.07, 6.45) is 10.2. The largest absolute Gasteiger partial charge is 0.457 e. The van der Waals surface area contributed by atoms with Gasteiger partial charge in [0.2, 0.25) is 5.91 Å². The summed E-state index contributed by atoms with van der Waals surface area (Å²) >= 11 is 0. The van der Waals surface area contributed by atoms with E-state index >= 15 is 0 Å². The highest BCUT2D eigenvalue weighted by atomic mass is 16.5. The molecule has 12 heteroatoms. The number of hydrogen-bond donors (Lipinski definition) is 2. The summed E-state index contributed by atoms with van der Waals surface area (Å²) in [6, 6.07) is 11.7. The number of aryl methyl sites for hydroxylation is 1. The van der Waals surface area contributed by atoms with E-state index in [2.05, 4.69) is 35.7 Å². The Hall–Kier alpha value is -4.97. The molecule has 0 bridgehead atoms. The second kappa shape index (κ2) is 10.7. The quantitative estimate of drug-likeness (QED) is 0.273. The minimum atomic E-state index is -0.0687. The lowest BCUT2D eigenvalue weighted by Crippen LogP contribution is -2.59. The van der Waals surface area contributed by atoms with Crippen LogP contribution in [0.25, 0.3) is 11.2 Å². The molecule has 1 saturated heterocycles. The van der Waals surface area contributed by atoms with Crippen molar-refractivity contribution < 1.29 is 9.53 Å². The smallest absolute Gasteiger partial charge is 0.244 e. The van der Waals surface area contributed by atoms with Crippen LogP contribution in [0.3, 0.4) is 0 Å². The molecule has 0 unspecified atom stereocenters. The van der Waals surface area contributed by atoms with E-state index in [4.69, 9.17) is 4.74 Å². The Morgan fingerprint density at radius 2 is 1.88 bits per heavy atom. The number of carbonyl (C=O) groups is 1. The predicted octanol–water partition coefficient (Wildman–Crippen LogP) is 3.04. The highest BCUT2D eigenvalue weighted by molar-refractivity contribution is 5.89. The molecule has 0 radical (unpaired) electrons. The zero-order valence-corrected chi connectivity index (χ0v) is 22.5. The molecule has 40 heavy (non-hydrogen) atoms. The fraction of sp³-hybridized carbons (Fsp3) is 0.250. The maximum atomic E-state index is 12.2. The molecule has 0 saturated carbocycles. The molecule has 6 rings (SSSR count). The van der Waals surface area contributed by atoms with Gasteiger partial charge in [0.25, 0.3) is 0 Å². The summed E-state index contributed by atoms with van der Waals surface area (Å²) in [5.74, 6) is 2.06. The Balaban J connectivity index is 1.14. The first-order chi connectivity index (χ1) is 19.4. The summed E-state index contributed by atoms with van der Waals surface area (Å²) in [5, 5.41) is 15.0. The molecule has 0 atom stereocenters. The molecular formula is C28H30N10O2. The molecule has 5 heterocycles. The van der Waals surface area contributed by atoms with Gasteiger partial charge in [-0.25, -0.2) is 19.0 Å². The van der Waals surface area contributed by atoms with Crippen LogP contribution >= 0.6 is 0 Å². The van der Waals surface area contributed by atoms with Crippen LogP contribution in [0.5, 0.6) is 11.5 Å². The monoisotopic (exact) mass is 538 g/mol. The first kappa shape index (κ1) is 25.3. The van der Waals surface area contributed by atoms with E-state index in [0.717, 1.165) is 40.4 Å². The number of benzene rings is 1. The number of fused-ring (bicyclic) bond motifs is 2. The molecule has 204 valence electrons. The van der Waals surface area contributed by atoms with Crippen LogP contribution in [0.1, 0.15) is 5.56 Å². The lowest BCUT2D eigenvalue weighted by atomic mass is 10.1. The summed E-state index contributed by atoms with van der Waals surface area (Å²) in [6.45, 7) is 4.16. The van der Waals surface area contributed by atoms with Gasteiger partial charge in [-0.05, 0) is 56.9 Å². The average Bonchev–Trinajstić information content (AvgIpc) is 3.55. The van der Waals surface area contributed by atoms with Gasteiger partial charge >= 0.3 is 0 Å². The SMILES string of the molecule is Cc1cc(Nc2ncnn3ccc(N4CC(NC(=O)/C=C/CN(C)C)C4)c23)ccc1Oc1ccn2ncnc2c1. The van der Waals surface area contributed by atoms with Crippen LogP contribution in [0.2, 0.25) is 0 Å². The Labute approximate surface area is 230 Å². The van der Waals surface area contributed by atoms with Crippen molar-refractivity contribution in [2.45, 2.75) is 13.0 Å². The van der Waals surface area contributed by atoms with Gasteiger partial charge in [0.15, 0.2) is 11.5 Å². The summed E-state index contributed by atoms with van der Waals surface area (Å²) in [4.78, 5) is 25.2. The molecule has 1 aromatic carbocycles. The third kappa shape index (κ3) is 5.29. The zero-order chi connectivity index (χ0) is 27.6. The highest BCUT2D eigenvalue weighted by Gasteiger charge is 2.30. The van der Waals surface area contributed by atoms with E-state index in [1.54, 1.807) is 10.6 Å². The first-order valence-electron chi connectivity index (χ1n) is 13.0. The lowest BCUT2D eigenvalue weighted by molar-refractivity contribution is -0.117. The van der Waals surface area contributed by atoms with Gasteiger partial charge in [-0.15, -0.1) is 0 Å².